The lowest BCUT2D eigenvalue weighted by Crippen LogP contribution is -2.44. The van der Waals surface area contributed by atoms with Gasteiger partial charge in [0, 0.05) is 19.7 Å². The summed E-state index contributed by atoms with van der Waals surface area (Å²) in [6.45, 7) is 0.268. The molecule has 2 N–H and O–H groups in total. The van der Waals surface area contributed by atoms with Gasteiger partial charge >= 0.3 is 12.0 Å². The maximum atomic E-state index is 11.7. The maximum absolute atomic E-state index is 11.7. The van der Waals surface area contributed by atoms with E-state index in [0.717, 1.165) is 4.90 Å². The van der Waals surface area contributed by atoms with Gasteiger partial charge in [-0.2, -0.15) is 0 Å². The lowest BCUT2D eigenvalue weighted by atomic mass is 10.4. The number of rotatable bonds is 7. The van der Waals surface area contributed by atoms with Gasteiger partial charge in [-0.05, 0) is 0 Å². The molecule has 0 aliphatic rings. The molecule has 18 heavy (non-hydrogen) atoms. The van der Waals surface area contributed by atoms with Crippen molar-refractivity contribution < 1.29 is 24.0 Å². The van der Waals surface area contributed by atoms with Gasteiger partial charge in [-0.1, -0.05) is 5.16 Å². The highest BCUT2D eigenvalue weighted by molar-refractivity contribution is 5.80. The van der Waals surface area contributed by atoms with Crippen LogP contribution >= 0.6 is 0 Å². The van der Waals surface area contributed by atoms with E-state index in [1.54, 1.807) is 6.07 Å². The minimum absolute atomic E-state index is 0.179. The van der Waals surface area contributed by atoms with Crippen LogP contribution in [0, 0.1) is 0 Å². The van der Waals surface area contributed by atoms with Gasteiger partial charge in [0.15, 0.2) is 0 Å². The summed E-state index contributed by atoms with van der Waals surface area (Å²) in [5, 5.41) is 14.9. The van der Waals surface area contributed by atoms with Crippen LogP contribution in [0.5, 0.6) is 0 Å². The number of amides is 2. The number of nitrogens with zero attached hydrogens (tertiary/aromatic N) is 2. The highest BCUT2D eigenvalue weighted by atomic mass is 16.5. The average Bonchev–Trinajstić information content (AvgIpc) is 2.84. The molecule has 0 atom stereocenters. The van der Waals surface area contributed by atoms with Crippen LogP contribution < -0.4 is 5.32 Å². The maximum Gasteiger partial charge on any atom is 0.323 e. The number of nitrogens with one attached hydrogen (secondary N) is 1. The van der Waals surface area contributed by atoms with Crippen molar-refractivity contribution >= 4 is 12.0 Å². The van der Waals surface area contributed by atoms with Crippen LogP contribution in [0.2, 0.25) is 0 Å². The van der Waals surface area contributed by atoms with Crippen molar-refractivity contribution in [1.29, 1.82) is 0 Å². The molecule has 8 heteroatoms. The molecule has 1 aromatic rings. The van der Waals surface area contributed by atoms with Crippen molar-refractivity contribution in [3.05, 3.63) is 18.0 Å². The molecule has 1 rings (SSSR count). The molecule has 0 saturated heterocycles. The second-order valence-corrected chi connectivity index (χ2v) is 3.46. The zero-order valence-electron chi connectivity index (χ0n) is 9.96. The third kappa shape index (κ3) is 4.83. The zero-order chi connectivity index (χ0) is 13.4. The van der Waals surface area contributed by atoms with Crippen molar-refractivity contribution in [1.82, 2.24) is 15.4 Å². The summed E-state index contributed by atoms with van der Waals surface area (Å²) in [7, 11) is 1.48. The molecule has 2 amide bonds. The number of ether oxygens (including phenoxy) is 1. The number of aromatic nitrogens is 1. The molecular formula is C10H15N3O5. The Hall–Kier alpha value is -2.09. The third-order valence-electron chi connectivity index (χ3n) is 2.09. The van der Waals surface area contributed by atoms with Crippen LogP contribution in [-0.2, 0) is 16.1 Å². The first-order chi connectivity index (χ1) is 8.63. The second-order valence-electron chi connectivity index (χ2n) is 3.46. The number of aliphatic carboxylic acids is 1. The first-order valence-electron chi connectivity index (χ1n) is 5.26. The fraction of sp³-hybridized carbons (Fsp3) is 0.500. The Bertz CT molecular complexity index is 379. The Morgan fingerprint density at radius 2 is 2.39 bits per heavy atom. The number of methoxy groups -OCH3 is 1. The molecular weight excluding hydrogens is 242 g/mol. The fourth-order valence-electron chi connectivity index (χ4n) is 1.22. The van der Waals surface area contributed by atoms with Gasteiger partial charge < -0.3 is 24.6 Å². The number of hydrogen-bond acceptors (Lipinski definition) is 5. The van der Waals surface area contributed by atoms with Gasteiger partial charge in [-0.15, -0.1) is 0 Å². The van der Waals surface area contributed by atoms with Gasteiger partial charge in [0.2, 0.25) is 0 Å². The Labute approximate surface area is 103 Å². The van der Waals surface area contributed by atoms with E-state index in [-0.39, 0.29) is 26.2 Å². The molecule has 0 spiro atoms. The summed E-state index contributed by atoms with van der Waals surface area (Å²) in [5.74, 6) is -1.08. The largest absolute Gasteiger partial charge is 0.480 e. The van der Waals surface area contributed by atoms with E-state index in [1.165, 1.54) is 13.4 Å². The predicted molar refractivity (Wildman–Crippen MR) is 59.8 cm³/mol. The van der Waals surface area contributed by atoms with Crippen LogP contribution in [0.1, 0.15) is 5.69 Å². The lowest BCUT2D eigenvalue weighted by Gasteiger charge is -2.20. The lowest BCUT2D eigenvalue weighted by molar-refractivity contribution is -0.137. The van der Waals surface area contributed by atoms with Crippen molar-refractivity contribution in [2.24, 2.45) is 0 Å². The summed E-state index contributed by atoms with van der Waals surface area (Å²) in [4.78, 5) is 23.5. The molecule has 0 aliphatic carbocycles. The molecule has 0 unspecified atom stereocenters. The minimum atomic E-state index is -1.08. The number of carboxylic acid groups (broad SMARTS) is 1. The number of carboxylic acids is 1. The second kappa shape index (κ2) is 7.28. The Morgan fingerprint density at radius 3 is 2.94 bits per heavy atom. The van der Waals surface area contributed by atoms with Crippen LogP contribution in [0.3, 0.4) is 0 Å². The molecule has 0 aliphatic heterocycles. The van der Waals surface area contributed by atoms with E-state index < -0.39 is 12.0 Å². The van der Waals surface area contributed by atoms with Gasteiger partial charge in [0.1, 0.15) is 18.5 Å². The summed E-state index contributed by atoms with van der Waals surface area (Å²) in [6.07, 6.45) is 1.39. The predicted octanol–water partition coefficient (Wildman–Crippen LogP) is -0.0828. The molecule has 0 aromatic carbocycles. The van der Waals surface area contributed by atoms with E-state index in [2.05, 4.69) is 15.0 Å². The molecule has 0 fully saturated rings. The number of carbonyl (C=O) groups excluding carboxylic acids is 1. The highest BCUT2D eigenvalue weighted by Crippen LogP contribution is 1.95. The molecule has 0 saturated carbocycles. The van der Waals surface area contributed by atoms with E-state index in [9.17, 15) is 9.59 Å². The van der Waals surface area contributed by atoms with Crippen molar-refractivity contribution in [3.63, 3.8) is 0 Å². The number of carbonyl (C=O) groups is 2. The summed E-state index contributed by atoms with van der Waals surface area (Å²) >= 11 is 0. The minimum Gasteiger partial charge on any atom is -0.480 e. The monoisotopic (exact) mass is 257 g/mol. The van der Waals surface area contributed by atoms with E-state index in [1.807, 2.05) is 0 Å². The quantitative estimate of drug-likeness (QED) is 0.707. The SMILES string of the molecule is COCCN(CC(=O)O)C(=O)NCc1ccon1. The summed E-state index contributed by atoms with van der Waals surface area (Å²) in [6, 6.07) is 1.12. The van der Waals surface area contributed by atoms with Gasteiger partial charge in [-0.3, -0.25) is 4.79 Å². The molecule has 100 valence electrons. The molecule has 1 aromatic heterocycles. The summed E-state index contributed by atoms with van der Waals surface area (Å²) < 4.78 is 9.42. The molecule has 0 bridgehead atoms. The average molecular weight is 257 g/mol. The van der Waals surface area contributed by atoms with Gasteiger partial charge in [0.05, 0.1) is 13.2 Å². The van der Waals surface area contributed by atoms with E-state index in [0.29, 0.717) is 5.69 Å². The van der Waals surface area contributed by atoms with E-state index in [4.69, 9.17) is 9.84 Å². The van der Waals surface area contributed by atoms with Gasteiger partial charge in [0.25, 0.3) is 0 Å². The molecule has 0 radical (unpaired) electrons. The Kier molecular flexibility index (Phi) is 5.65. The number of hydrogen-bond donors (Lipinski definition) is 2. The number of urea groups is 1. The van der Waals surface area contributed by atoms with Gasteiger partial charge in [-0.25, -0.2) is 4.79 Å². The topological polar surface area (TPSA) is 105 Å². The molecule has 8 nitrogen and oxygen atoms in total. The Morgan fingerprint density at radius 1 is 1.61 bits per heavy atom. The van der Waals surface area contributed by atoms with Crippen LogP contribution in [0.15, 0.2) is 16.9 Å². The normalized spacial score (nSPS) is 10.1. The van der Waals surface area contributed by atoms with Crippen molar-refractivity contribution in [3.8, 4) is 0 Å². The smallest absolute Gasteiger partial charge is 0.323 e. The molecule has 1 heterocycles. The highest BCUT2D eigenvalue weighted by Gasteiger charge is 2.16. The zero-order valence-corrected chi connectivity index (χ0v) is 9.96. The first-order valence-corrected chi connectivity index (χ1v) is 5.26. The summed E-state index contributed by atoms with van der Waals surface area (Å²) in [5.41, 5.74) is 0.561. The first kappa shape index (κ1) is 14.0. The van der Waals surface area contributed by atoms with Crippen molar-refractivity contribution in [2.75, 3.05) is 26.8 Å². The van der Waals surface area contributed by atoms with Crippen LogP contribution in [-0.4, -0.2) is 54.0 Å². The fourth-order valence-corrected chi connectivity index (χ4v) is 1.22. The standard InChI is InChI=1S/C10H15N3O5/c1-17-5-3-13(7-9(14)15)10(16)11-6-8-2-4-18-12-8/h2,4H,3,5-7H2,1H3,(H,11,16)(H,14,15). The van der Waals surface area contributed by atoms with E-state index >= 15 is 0 Å². The van der Waals surface area contributed by atoms with Crippen LogP contribution in [0.4, 0.5) is 4.79 Å². The van der Waals surface area contributed by atoms with Crippen molar-refractivity contribution in [2.45, 2.75) is 6.54 Å². The third-order valence-corrected chi connectivity index (χ3v) is 2.09. The van der Waals surface area contributed by atoms with Crippen LogP contribution in [0.25, 0.3) is 0 Å². The Balaban J connectivity index is 2.44.